The van der Waals surface area contributed by atoms with Crippen molar-refractivity contribution in [3.8, 4) is 0 Å². The average Bonchev–Trinajstić information content (AvgIpc) is 2.02. The molecular formula is C9H15F4N. The molecule has 1 rings (SSSR count). The van der Waals surface area contributed by atoms with Crippen LogP contribution in [-0.4, -0.2) is 24.9 Å². The molecule has 5 heteroatoms. The molecule has 1 aliphatic rings. The number of rotatable bonds is 3. The molecule has 0 amide bonds. The predicted octanol–water partition coefficient (Wildman–Crippen LogP) is 2.67. The molecule has 1 fully saturated rings. The molecule has 0 aromatic heterocycles. The van der Waals surface area contributed by atoms with E-state index < -0.39 is 18.8 Å². The fraction of sp³-hybridized carbons (Fsp3) is 1.00. The van der Waals surface area contributed by atoms with Crippen LogP contribution < -0.4 is 5.32 Å². The van der Waals surface area contributed by atoms with Crippen molar-refractivity contribution in [3.05, 3.63) is 0 Å². The molecule has 1 heterocycles. The average molecular weight is 213 g/mol. The molecule has 2 atom stereocenters. The van der Waals surface area contributed by atoms with E-state index in [2.05, 4.69) is 5.32 Å². The maximum absolute atomic E-state index is 12.7. The summed E-state index contributed by atoms with van der Waals surface area (Å²) in [5.74, 6) is -4.10. The van der Waals surface area contributed by atoms with Crippen LogP contribution in [0, 0.1) is 5.92 Å². The van der Waals surface area contributed by atoms with Crippen LogP contribution in [-0.2, 0) is 0 Å². The van der Waals surface area contributed by atoms with Gasteiger partial charge in [-0.25, -0.2) is 17.6 Å². The van der Waals surface area contributed by atoms with Crippen molar-refractivity contribution in [1.29, 1.82) is 0 Å². The lowest BCUT2D eigenvalue weighted by Crippen LogP contribution is -2.39. The van der Waals surface area contributed by atoms with E-state index in [4.69, 9.17) is 0 Å². The van der Waals surface area contributed by atoms with Gasteiger partial charge in [0, 0.05) is 12.5 Å². The largest absolute Gasteiger partial charge is 0.314 e. The van der Waals surface area contributed by atoms with Crippen LogP contribution in [0.1, 0.15) is 26.2 Å². The molecule has 1 aliphatic heterocycles. The molecule has 0 spiro atoms. The van der Waals surface area contributed by atoms with Crippen molar-refractivity contribution >= 4 is 0 Å². The van der Waals surface area contributed by atoms with Crippen molar-refractivity contribution in [2.24, 2.45) is 5.92 Å². The number of alkyl halides is 4. The summed E-state index contributed by atoms with van der Waals surface area (Å²) in [5.41, 5.74) is 0. The Kier molecular flexibility index (Phi) is 3.75. The Morgan fingerprint density at radius 2 is 2.07 bits per heavy atom. The van der Waals surface area contributed by atoms with Gasteiger partial charge in [0.2, 0.25) is 0 Å². The third kappa shape index (κ3) is 3.12. The van der Waals surface area contributed by atoms with Gasteiger partial charge < -0.3 is 5.32 Å². The summed E-state index contributed by atoms with van der Waals surface area (Å²) >= 11 is 0. The highest BCUT2D eigenvalue weighted by molar-refractivity contribution is 4.81. The van der Waals surface area contributed by atoms with Gasteiger partial charge in [0.25, 0.3) is 0 Å². The van der Waals surface area contributed by atoms with Crippen molar-refractivity contribution in [1.82, 2.24) is 5.32 Å². The summed E-state index contributed by atoms with van der Waals surface area (Å²) in [6.07, 6.45) is -3.10. The smallest absolute Gasteiger partial charge is 0.307 e. The van der Waals surface area contributed by atoms with Crippen LogP contribution in [0.3, 0.4) is 0 Å². The SMILES string of the molecule is CC1CC(CC(F)(F)C(F)F)CCN1. The lowest BCUT2D eigenvalue weighted by Gasteiger charge is -2.30. The lowest BCUT2D eigenvalue weighted by molar-refractivity contribution is -0.142. The molecule has 0 saturated carbocycles. The van der Waals surface area contributed by atoms with Crippen LogP contribution in [0.15, 0.2) is 0 Å². The third-order valence-corrected chi connectivity index (χ3v) is 2.61. The van der Waals surface area contributed by atoms with Gasteiger partial charge >= 0.3 is 12.3 Å². The van der Waals surface area contributed by atoms with Crippen LogP contribution in [0.2, 0.25) is 0 Å². The number of hydrogen-bond acceptors (Lipinski definition) is 1. The van der Waals surface area contributed by atoms with Gasteiger partial charge in [-0.1, -0.05) is 0 Å². The fourth-order valence-corrected chi connectivity index (χ4v) is 1.89. The van der Waals surface area contributed by atoms with Gasteiger partial charge in [0.15, 0.2) is 0 Å². The van der Waals surface area contributed by atoms with Gasteiger partial charge in [-0.15, -0.1) is 0 Å². The second kappa shape index (κ2) is 4.47. The zero-order valence-corrected chi connectivity index (χ0v) is 8.07. The molecule has 0 aliphatic carbocycles. The summed E-state index contributed by atoms with van der Waals surface area (Å²) < 4.78 is 49.2. The van der Waals surface area contributed by atoms with E-state index in [1.54, 1.807) is 0 Å². The topological polar surface area (TPSA) is 12.0 Å². The predicted molar refractivity (Wildman–Crippen MR) is 45.8 cm³/mol. The molecule has 0 aromatic carbocycles. The van der Waals surface area contributed by atoms with Crippen molar-refractivity contribution in [3.63, 3.8) is 0 Å². The van der Waals surface area contributed by atoms with Gasteiger partial charge in [-0.2, -0.15) is 0 Å². The first-order valence-corrected chi connectivity index (χ1v) is 4.81. The standard InChI is InChI=1S/C9H15F4N/c1-6-4-7(2-3-14-6)5-9(12,13)8(10)11/h6-8,14H,2-5H2,1H3. The summed E-state index contributed by atoms with van der Waals surface area (Å²) in [6, 6.07) is 0.155. The van der Waals surface area contributed by atoms with Gasteiger partial charge in [0.05, 0.1) is 0 Å². The minimum absolute atomic E-state index is 0.155. The van der Waals surface area contributed by atoms with Gasteiger partial charge in [-0.05, 0) is 32.2 Å². The number of piperidine rings is 1. The Hall–Kier alpha value is -0.320. The quantitative estimate of drug-likeness (QED) is 0.711. The molecule has 14 heavy (non-hydrogen) atoms. The molecule has 0 radical (unpaired) electrons. The number of halogens is 4. The Bertz CT molecular complexity index is 184. The minimum Gasteiger partial charge on any atom is -0.314 e. The second-order valence-corrected chi connectivity index (χ2v) is 4.01. The summed E-state index contributed by atoms with van der Waals surface area (Å²) in [4.78, 5) is 0. The summed E-state index contributed by atoms with van der Waals surface area (Å²) in [7, 11) is 0. The van der Waals surface area contributed by atoms with Gasteiger partial charge in [0.1, 0.15) is 0 Å². The van der Waals surface area contributed by atoms with Crippen LogP contribution in [0.5, 0.6) is 0 Å². The highest BCUT2D eigenvalue weighted by Crippen LogP contribution is 2.34. The molecule has 0 bridgehead atoms. The minimum atomic E-state index is -3.82. The molecule has 1 N–H and O–H groups in total. The molecule has 0 aromatic rings. The van der Waals surface area contributed by atoms with Crippen molar-refractivity contribution in [2.45, 2.75) is 44.6 Å². The highest BCUT2D eigenvalue weighted by Gasteiger charge is 2.42. The Morgan fingerprint density at radius 1 is 1.43 bits per heavy atom. The fourth-order valence-electron chi connectivity index (χ4n) is 1.89. The van der Waals surface area contributed by atoms with E-state index in [1.165, 1.54) is 0 Å². The number of nitrogens with one attached hydrogen (secondary N) is 1. The van der Waals surface area contributed by atoms with E-state index in [0.29, 0.717) is 19.4 Å². The van der Waals surface area contributed by atoms with E-state index in [9.17, 15) is 17.6 Å². The monoisotopic (exact) mass is 213 g/mol. The van der Waals surface area contributed by atoms with Crippen LogP contribution in [0.25, 0.3) is 0 Å². The highest BCUT2D eigenvalue weighted by atomic mass is 19.3. The first-order valence-electron chi connectivity index (χ1n) is 4.81. The third-order valence-electron chi connectivity index (χ3n) is 2.61. The summed E-state index contributed by atoms with van der Waals surface area (Å²) in [5, 5.41) is 3.09. The van der Waals surface area contributed by atoms with E-state index >= 15 is 0 Å². The number of hydrogen-bond donors (Lipinski definition) is 1. The van der Waals surface area contributed by atoms with Gasteiger partial charge in [-0.3, -0.25) is 0 Å². The zero-order chi connectivity index (χ0) is 10.8. The van der Waals surface area contributed by atoms with E-state index in [1.807, 2.05) is 6.92 Å². The van der Waals surface area contributed by atoms with Crippen molar-refractivity contribution in [2.75, 3.05) is 6.54 Å². The van der Waals surface area contributed by atoms with E-state index in [-0.39, 0.29) is 12.0 Å². The Labute approximate surface area is 80.9 Å². The lowest BCUT2D eigenvalue weighted by atomic mass is 9.88. The molecule has 1 nitrogen and oxygen atoms in total. The first-order chi connectivity index (χ1) is 6.42. The zero-order valence-electron chi connectivity index (χ0n) is 8.07. The van der Waals surface area contributed by atoms with E-state index in [0.717, 1.165) is 0 Å². The normalized spacial score (nSPS) is 29.6. The molecule has 84 valence electrons. The molecule has 2 unspecified atom stereocenters. The summed E-state index contributed by atoms with van der Waals surface area (Å²) in [6.45, 7) is 2.53. The maximum Gasteiger partial charge on any atom is 0.307 e. The molecular weight excluding hydrogens is 198 g/mol. The molecule has 1 saturated heterocycles. The van der Waals surface area contributed by atoms with Crippen LogP contribution >= 0.6 is 0 Å². The second-order valence-electron chi connectivity index (χ2n) is 4.01. The van der Waals surface area contributed by atoms with Crippen molar-refractivity contribution < 1.29 is 17.6 Å². The first kappa shape index (κ1) is 11.8. The van der Waals surface area contributed by atoms with Crippen LogP contribution in [0.4, 0.5) is 17.6 Å². The Balaban J connectivity index is 2.43. The Morgan fingerprint density at radius 3 is 2.57 bits per heavy atom. The maximum atomic E-state index is 12.7.